The summed E-state index contributed by atoms with van der Waals surface area (Å²) in [6, 6.07) is 5.45. The zero-order chi connectivity index (χ0) is 12.1. The fourth-order valence-corrected chi connectivity index (χ4v) is 1.02. The van der Waals surface area contributed by atoms with E-state index in [1.807, 2.05) is 0 Å². The van der Waals surface area contributed by atoms with Gasteiger partial charge in [-0.25, -0.2) is 4.39 Å². The Morgan fingerprint density at radius 1 is 1.44 bits per heavy atom. The van der Waals surface area contributed by atoms with Crippen molar-refractivity contribution < 1.29 is 14.3 Å². The van der Waals surface area contributed by atoms with E-state index in [-0.39, 0.29) is 5.69 Å². The van der Waals surface area contributed by atoms with Crippen LogP contribution in [0.15, 0.2) is 40.9 Å². The van der Waals surface area contributed by atoms with E-state index in [1.165, 1.54) is 18.2 Å². The molecule has 0 fully saturated rings. The minimum absolute atomic E-state index is 0.0881. The summed E-state index contributed by atoms with van der Waals surface area (Å²) in [5, 5.41) is 13.4. The van der Waals surface area contributed by atoms with Crippen LogP contribution in [0.5, 0.6) is 0 Å². The number of amides is 1. The van der Waals surface area contributed by atoms with Crippen LogP contribution in [0.2, 0.25) is 0 Å². The second kappa shape index (κ2) is 5.01. The van der Waals surface area contributed by atoms with E-state index in [0.717, 1.165) is 13.0 Å². The van der Waals surface area contributed by atoms with Crippen LogP contribution < -0.4 is 5.32 Å². The van der Waals surface area contributed by atoms with Gasteiger partial charge in [0.25, 0.3) is 5.91 Å². The Hall–Kier alpha value is -2.24. The first-order chi connectivity index (χ1) is 7.56. The molecule has 5 nitrogen and oxygen atoms in total. The number of nitrogens with zero attached hydrogens (tertiary/aromatic N) is 1. The summed E-state index contributed by atoms with van der Waals surface area (Å²) in [6.07, 6.45) is 0. The zero-order valence-electron chi connectivity index (χ0n) is 8.40. The predicted octanol–water partition coefficient (Wildman–Crippen LogP) is 2.32. The van der Waals surface area contributed by atoms with Gasteiger partial charge in [0.2, 0.25) is 5.70 Å². The molecule has 6 heteroatoms. The first kappa shape index (κ1) is 11.8. The average Bonchev–Trinajstić information content (AvgIpc) is 2.22. The highest BCUT2D eigenvalue weighted by Crippen LogP contribution is 2.14. The quantitative estimate of drug-likeness (QED) is 0.469. The molecule has 1 amide bonds. The van der Waals surface area contributed by atoms with Gasteiger partial charge in [-0.05, 0) is 24.2 Å². The molecule has 0 saturated carbocycles. The number of carbonyl (C=O) groups excluding carboxylic acids is 1. The van der Waals surface area contributed by atoms with Gasteiger partial charge in [-0.15, -0.1) is 4.91 Å². The summed E-state index contributed by atoms with van der Waals surface area (Å²) in [7, 11) is 0. The summed E-state index contributed by atoms with van der Waals surface area (Å²) < 4.78 is 13.1. The maximum Gasteiger partial charge on any atom is 0.281 e. The summed E-state index contributed by atoms with van der Waals surface area (Å²) in [6.45, 7) is 1.14. The topological polar surface area (TPSA) is 78.8 Å². The van der Waals surface area contributed by atoms with Gasteiger partial charge in [-0.2, -0.15) is 0 Å². The molecule has 0 heterocycles. The van der Waals surface area contributed by atoms with Gasteiger partial charge in [0.05, 0.1) is 5.69 Å². The van der Waals surface area contributed by atoms with Crippen molar-refractivity contribution in [1.29, 1.82) is 0 Å². The number of nitrogens with one attached hydrogen (secondary N) is 1. The number of aliphatic hydroxyl groups is 1. The Kier molecular flexibility index (Phi) is 3.71. The Balaban J connectivity index is 2.92. The van der Waals surface area contributed by atoms with E-state index in [9.17, 15) is 14.1 Å². The molecule has 0 aliphatic heterocycles. The number of anilines is 1. The SMILES string of the molecule is CC(O)=C(N=O)C(=O)Nc1ccccc1F. The zero-order valence-corrected chi connectivity index (χ0v) is 8.40. The molecule has 1 aromatic carbocycles. The molecular weight excluding hydrogens is 215 g/mol. The normalized spacial score (nSPS) is 11.6. The van der Waals surface area contributed by atoms with Gasteiger partial charge in [0.1, 0.15) is 11.6 Å². The number of hydrogen-bond donors (Lipinski definition) is 2. The molecule has 0 aliphatic carbocycles. The predicted molar refractivity (Wildman–Crippen MR) is 56.2 cm³/mol. The Labute approximate surface area is 90.6 Å². The lowest BCUT2D eigenvalue weighted by atomic mass is 10.3. The lowest BCUT2D eigenvalue weighted by Crippen LogP contribution is -2.15. The van der Waals surface area contributed by atoms with Crippen molar-refractivity contribution >= 4 is 11.6 Å². The Morgan fingerprint density at radius 3 is 2.56 bits per heavy atom. The third-order valence-electron chi connectivity index (χ3n) is 1.77. The Morgan fingerprint density at radius 2 is 2.06 bits per heavy atom. The summed E-state index contributed by atoms with van der Waals surface area (Å²) in [4.78, 5) is 21.6. The van der Waals surface area contributed by atoms with Crippen molar-refractivity contribution in [3.05, 3.63) is 46.4 Å². The van der Waals surface area contributed by atoms with Crippen LogP contribution in [-0.4, -0.2) is 11.0 Å². The number of aliphatic hydroxyl groups excluding tert-OH is 1. The fraction of sp³-hybridized carbons (Fsp3) is 0.100. The van der Waals surface area contributed by atoms with Gasteiger partial charge in [0, 0.05) is 0 Å². The van der Waals surface area contributed by atoms with Crippen LogP contribution in [-0.2, 0) is 4.79 Å². The van der Waals surface area contributed by atoms with Crippen molar-refractivity contribution in [2.24, 2.45) is 5.18 Å². The molecule has 0 unspecified atom stereocenters. The largest absolute Gasteiger partial charge is 0.510 e. The van der Waals surface area contributed by atoms with Gasteiger partial charge in [-0.1, -0.05) is 12.1 Å². The second-order valence-electron chi connectivity index (χ2n) is 2.96. The van der Waals surface area contributed by atoms with E-state index < -0.39 is 23.2 Å². The molecular formula is C10H9FN2O3. The maximum absolute atomic E-state index is 13.1. The van der Waals surface area contributed by atoms with E-state index in [0.29, 0.717) is 0 Å². The van der Waals surface area contributed by atoms with Crippen LogP contribution in [0.3, 0.4) is 0 Å². The van der Waals surface area contributed by atoms with Gasteiger partial charge < -0.3 is 10.4 Å². The monoisotopic (exact) mass is 224 g/mol. The lowest BCUT2D eigenvalue weighted by Gasteiger charge is -2.04. The first-order valence-electron chi connectivity index (χ1n) is 4.35. The molecule has 0 aromatic heterocycles. The molecule has 0 aliphatic rings. The van der Waals surface area contributed by atoms with Crippen LogP contribution in [0, 0.1) is 10.7 Å². The molecule has 1 rings (SSSR count). The molecule has 1 aromatic rings. The third kappa shape index (κ3) is 2.63. The van der Waals surface area contributed by atoms with E-state index in [4.69, 9.17) is 5.11 Å². The second-order valence-corrected chi connectivity index (χ2v) is 2.96. The summed E-state index contributed by atoms with van der Waals surface area (Å²) in [5.74, 6) is -2.12. The number of nitroso groups, excluding NO2 is 1. The average molecular weight is 224 g/mol. The van der Waals surface area contributed by atoms with Gasteiger partial charge >= 0.3 is 0 Å². The van der Waals surface area contributed by atoms with E-state index >= 15 is 0 Å². The number of benzene rings is 1. The van der Waals surface area contributed by atoms with Crippen LogP contribution in [0.25, 0.3) is 0 Å². The Bertz CT molecular complexity index is 453. The highest BCUT2D eigenvalue weighted by molar-refractivity contribution is 6.03. The smallest absolute Gasteiger partial charge is 0.281 e. The van der Waals surface area contributed by atoms with Crippen molar-refractivity contribution in [3.63, 3.8) is 0 Å². The molecule has 84 valence electrons. The first-order valence-corrected chi connectivity index (χ1v) is 4.35. The number of para-hydroxylation sites is 1. The standard InChI is InChI=1S/C10H9FN2O3/c1-6(14)9(13-16)10(15)12-8-5-3-2-4-7(8)11/h2-5,14H,1H3,(H,12,15). The molecule has 16 heavy (non-hydrogen) atoms. The molecule has 2 N–H and O–H groups in total. The van der Waals surface area contributed by atoms with Crippen molar-refractivity contribution in [1.82, 2.24) is 0 Å². The molecule has 0 bridgehead atoms. The van der Waals surface area contributed by atoms with E-state index in [1.54, 1.807) is 0 Å². The maximum atomic E-state index is 13.1. The number of halogens is 1. The minimum atomic E-state index is -0.958. The van der Waals surface area contributed by atoms with E-state index in [2.05, 4.69) is 10.5 Å². The number of hydrogen-bond acceptors (Lipinski definition) is 4. The number of carbonyl (C=O) groups is 1. The van der Waals surface area contributed by atoms with Crippen LogP contribution >= 0.6 is 0 Å². The van der Waals surface area contributed by atoms with Gasteiger partial charge in [0.15, 0.2) is 0 Å². The minimum Gasteiger partial charge on any atom is -0.510 e. The van der Waals surface area contributed by atoms with Crippen molar-refractivity contribution in [2.45, 2.75) is 6.92 Å². The van der Waals surface area contributed by atoms with Crippen molar-refractivity contribution in [2.75, 3.05) is 5.32 Å². The van der Waals surface area contributed by atoms with Crippen molar-refractivity contribution in [3.8, 4) is 0 Å². The molecule has 0 spiro atoms. The molecule has 0 radical (unpaired) electrons. The summed E-state index contributed by atoms with van der Waals surface area (Å²) in [5.41, 5.74) is -0.766. The number of rotatable bonds is 3. The van der Waals surface area contributed by atoms with Crippen LogP contribution in [0.4, 0.5) is 10.1 Å². The summed E-state index contributed by atoms with van der Waals surface area (Å²) >= 11 is 0. The fourth-order valence-electron chi connectivity index (χ4n) is 1.02. The third-order valence-corrected chi connectivity index (χ3v) is 1.77. The molecule has 0 saturated heterocycles. The highest BCUT2D eigenvalue weighted by atomic mass is 19.1. The van der Waals surface area contributed by atoms with Crippen LogP contribution in [0.1, 0.15) is 6.92 Å². The highest BCUT2D eigenvalue weighted by Gasteiger charge is 2.15. The van der Waals surface area contributed by atoms with Gasteiger partial charge in [-0.3, -0.25) is 4.79 Å². The molecule has 0 atom stereocenters. The lowest BCUT2D eigenvalue weighted by molar-refractivity contribution is -0.113. The number of allylic oxidation sites excluding steroid dienone is 1.